The summed E-state index contributed by atoms with van der Waals surface area (Å²) in [5, 5.41) is 15.0. The second-order valence-corrected chi connectivity index (χ2v) is 6.92. The molecule has 2 aromatic carbocycles. The standard InChI is InChI=1S/C19H21N5OS/c1-24-19(21-22-23-24)26-13-12-18(25)20-14-17(15-8-4-2-5-9-15)16-10-6-3-7-11-16/h2-11,17H,12-14H2,1H3,(H,20,25). The van der Waals surface area contributed by atoms with Crippen LogP contribution < -0.4 is 5.32 Å². The number of hydrogen-bond donors (Lipinski definition) is 1. The fourth-order valence-corrected chi connectivity index (χ4v) is 3.47. The van der Waals surface area contributed by atoms with Crippen LogP contribution in [-0.4, -0.2) is 38.4 Å². The number of nitrogens with zero attached hydrogens (tertiary/aromatic N) is 4. The largest absolute Gasteiger partial charge is 0.355 e. The molecule has 1 heterocycles. The molecule has 0 aliphatic rings. The molecule has 0 unspecified atom stereocenters. The maximum Gasteiger partial charge on any atom is 0.220 e. The van der Waals surface area contributed by atoms with Crippen LogP contribution in [-0.2, 0) is 11.8 Å². The van der Waals surface area contributed by atoms with Crippen LogP contribution in [0.25, 0.3) is 0 Å². The molecule has 3 aromatic rings. The van der Waals surface area contributed by atoms with Gasteiger partial charge in [-0.3, -0.25) is 4.79 Å². The Bertz CT molecular complexity index is 783. The highest BCUT2D eigenvalue weighted by Crippen LogP contribution is 2.23. The number of hydrogen-bond acceptors (Lipinski definition) is 5. The summed E-state index contributed by atoms with van der Waals surface area (Å²) in [5.41, 5.74) is 2.39. The number of aromatic nitrogens is 4. The van der Waals surface area contributed by atoms with Gasteiger partial charge in [0.2, 0.25) is 11.1 Å². The number of amides is 1. The van der Waals surface area contributed by atoms with E-state index in [0.29, 0.717) is 23.9 Å². The summed E-state index contributed by atoms with van der Waals surface area (Å²) in [6.45, 7) is 0.572. The second-order valence-electron chi connectivity index (χ2n) is 5.86. The number of carbonyl (C=O) groups excluding carboxylic acids is 1. The first-order valence-electron chi connectivity index (χ1n) is 8.46. The predicted octanol–water partition coefficient (Wildman–Crippen LogP) is 2.64. The number of rotatable bonds is 8. The van der Waals surface area contributed by atoms with Crippen molar-refractivity contribution in [3.05, 3.63) is 71.8 Å². The summed E-state index contributed by atoms with van der Waals surface area (Å²) in [7, 11) is 1.78. The molecule has 0 radical (unpaired) electrons. The van der Waals surface area contributed by atoms with Crippen LogP contribution in [0.5, 0.6) is 0 Å². The number of aryl methyl sites for hydroxylation is 1. The third kappa shape index (κ3) is 4.92. The normalized spacial score (nSPS) is 10.8. The van der Waals surface area contributed by atoms with E-state index in [4.69, 9.17) is 0 Å². The van der Waals surface area contributed by atoms with Crippen LogP contribution in [0.3, 0.4) is 0 Å². The minimum atomic E-state index is 0.0319. The number of tetrazole rings is 1. The molecule has 0 aliphatic heterocycles. The number of carbonyl (C=O) groups is 1. The summed E-state index contributed by atoms with van der Waals surface area (Å²) in [6.07, 6.45) is 0.424. The van der Waals surface area contributed by atoms with Crippen molar-refractivity contribution in [3.63, 3.8) is 0 Å². The van der Waals surface area contributed by atoms with Crippen molar-refractivity contribution in [2.24, 2.45) is 7.05 Å². The molecule has 0 atom stereocenters. The van der Waals surface area contributed by atoms with E-state index in [0.717, 1.165) is 0 Å². The lowest BCUT2D eigenvalue weighted by Crippen LogP contribution is -2.29. The lowest BCUT2D eigenvalue weighted by Gasteiger charge is -2.19. The summed E-state index contributed by atoms with van der Waals surface area (Å²) >= 11 is 1.48. The maximum atomic E-state index is 12.2. The highest BCUT2D eigenvalue weighted by atomic mass is 32.2. The Morgan fingerprint density at radius 1 is 1.08 bits per heavy atom. The van der Waals surface area contributed by atoms with Crippen LogP contribution in [0.1, 0.15) is 23.5 Å². The van der Waals surface area contributed by atoms with Gasteiger partial charge in [-0.25, -0.2) is 4.68 Å². The monoisotopic (exact) mass is 367 g/mol. The van der Waals surface area contributed by atoms with Gasteiger partial charge in [0, 0.05) is 31.7 Å². The molecule has 1 N–H and O–H groups in total. The molecule has 3 rings (SSSR count). The van der Waals surface area contributed by atoms with Crippen LogP contribution in [0.2, 0.25) is 0 Å². The zero-order chi connectivity index (χ0) is 18.2. The topological polar surface area (TPSA) is 72.7 Å². The third-order valence-electron chi connectivity index (χ3n) is 4.05. The molecule has 0 spiro atoms. The molecule has 0 aliphatic carbocycles. The van der Waals surface area contributed by atoms with Crippen LogP contribution in [0.15, 0.2) is 65.8 Å². The van der Waals surface area contributed by atoms with Gasteiger partial charge in [0.05, 0.1) is 0 Å². The van der Waals surface area contributed by atoms with Gasteiger partial charge >= 0.3 is 0 Å². The highest BCUT2D eigenvalue weighted by molar-refractivity contribution is 7.99. The zero-order valence-corrected chi connectivity index (χ0v) is 15.4. The first-order valence-corrected chi connectivity index (χ1v) is 9.44. The van der Waals surface area contributed by atoms with Crippen molar-refractivity contribution >= 4 is 17.7 Å². The van der Waals surface area contributed by atoms with E-state index in [-0.39, 0.29) is 11.8 Å². The quantitative estimate of drug-likeness (QED) is 0.620. The average molecular weight is 367 g/mol. The highest BCUT2D eigenvalue weighted by Gasteiger charge is 2.15. The van der Waals surface area contributed by atoms with Crippen molar-refractivity contribution in [1.29, 1.82) is 0 Å². The summed E-state index contributed by atoms with van der Waals surface area (Å²) in [6, 6.07) is 20.5. The summed E-state index contributed by atoms with van der Waals surface area (Å²) in [4.78, 5) is 12.2. The number of nitrogens with one attached hydrogen (secondary N) is 1. The molecule has 0 bridgehead atoms. The van der Waals surface area contributed by atoms with E-state index >= 15 is 0 Å². The van der Waals surface area contributed by atoms with E-state index in [1.165, 1.54) is 22.9 Å². The van der Waals surface area contributed by atoms with E-state index < -0.39 is 0 Å². The van der Waals surface area contributed by atoms with Gasteiger partial charge in [0.15, 0.2) is 0 Å². The van der Waals surface area contributed by atoms with Crippen molar-refractivity contribution in [3.8, 4) is 0 Å². The molecule has 0 saturated heterocycles. The SMILES string of the molecule is Cn1nnnc1SCCC(=O)NCC(c1ccccc1)c1ccccc1. The second kappa shape index (κ2) is 9.15. The van der Waals surface area contributed by atoms with Crippen LogP contribution >= 0.6 is 11.8 Å². The van der Waals surface area contributed by atoms with Gasteiger partial charge in [-0.2, -0.15) is 0 Å². The molecule has 7 heteroatoms. The molecule has 6 nitrogen and oxygen atoms in total. The van der Waals surface area contributed by atoms with Gasteiger partial charge in [0.25, 0.3) is 0 Å². The maximum absolute atomic E-state index is 12.2. The average Bonchev–Trinajstić information content (AvgIpc) is 3.09. The Labute approximate surface area is 157 Å². The number of benzene rings is 2. The van der Waals surface area contributed by atoms with Crippen molar-refractivity contribution in [2.75, 3.05) is 12.3 Å². The molecule has 0 fully saturated rings. The first-order chi connectivity index (χ1) is 12.7. The van der Waals surface area contributed by atoms with Crippen LogP contribution in [0.4, 0.5) is 0 Å². The molecular formula is C19H21N5OS. The van der Waals surface area contributed by atoms with Crippen LogP contribution in [0, 0.1) is 0 Å². The van der Waals surface area contributed by atoms with Gasteiger partial charge in [-0.05, 0) is 21.6 Å². The van der Waals surface area contributed by atoms with Gasteiger partial charge in [-0.15, -0.1) is 5.10 Å². The lowest BCUT2D eigenvalue weighted by atomic mass is 9.91. The van der Waals surface area contributed by atoms with Gasteiger partial charge < -0.3 is 5.32 Å². The first kappa shape index (κ1) is 18.1. The molecular weight excluding hydrogens is 346 g/mol. The predicted molar refractivity (Wildman–Crippen MR) is 102 cm³/mol. The lowest BCUT2D eigenvalue weighted by molar-refractivity contribution is -0.120. The van der Waals surface area contributed by atoms with E-state index in [9.17, 15) is 4.79 Å². The van der Waals surface area contributed by atoms with E-state index in [2.05, 4.69) is 45.1 Å². The Morgan fingerprint density at radius 3 is 2.23 bits per heavy atom. The van der Waals surface area contributed by atoms with Gasteiger partial charge in [-0.1, -0.05) is 72.4 Å². The minimum absolute atomic E-state index is 0.0319. The summed E-state index contributed by atoms with van der Waals surface area (Å²) < 4.78 is 1.60. The molecule has 1 aromatic heterocycles. The van der Waals surface area contributed by atoms with Gasteiger partial charge in [0.1, 0.15) is 0 Å². The summed E-state index contributed by atoms with van der Waals surface area (Å²) in [5.74, 6) is 0.808. The zero-order valence-electron chi connectivity index (χ0n) is 14.6. The van der Waals surface area contributed by atoms with Crippen molar-refractivity contribution in [1.82, 2.24) is 25.5 Å². The van der Waals surface area contributed by atoms with E-state index in [1.807, 2.05) is 36.4 Å². The Balaban J connectivity index is 1.56. The molecule has 134 valence electrons. The number of thioether (sulfide) groups is 1. The van der Waals surface area contributed by atoms with Crippen molar-refractivity contribution in [2.45, 2.75) is 17.5 Å². The Kier molecular flexibility index (Phi) is 6.38. The molecule has 0 saturated carbocycles. The van der Waals surface area contributed by atoms with Crippen molar-refractivity contribution < 1.29 is 4.79 Å². The third-order valence-corrected chi connectivity index (χ3v) is 5.06. The smallest absolute Gasteiger partial charge is 0.220 e. The Hall–Kier alpha value is -2.67. The molecule has 1 amide bonds. The Morgan fingerprint density at radius 2 is 1.69 bits per heavy atom. The fraction of sp³-hybridized carbons (Fsp3) is 0.263. The molecule has 26 heavy (non-hydrogen) atoms. The van der Waals surface area contributed by atoms with E-state index in [1.54, 1.807) is 11.7 Å². The minimum Gasteiger partial charge on any atom is -0.355 e. The fourth-order valence-electron chi connectivity index (χ4n) is 2.68.